The number of aliphatic carboxylic acids is 1. The van der Waals surface area contributed by atoms with Gasteiger partial charge < -0.3 is 10.0 Å². The molecule has 2 aliphatic rings. The zero-order valence-corrected chi connectivity index (χ0v) is 10.9. The topological polar surface area (TPSA) is 91.8 Å². The normalized spacial score (nSPS) is 39.1. The van der Waals surface area contributed by atoms with Gasteiger partial charge in [0, 0.05) is 0 Å². The molecule has 0 aliphatic carbocycles. The van der Waals surface area contributed by atoms with Crippen LogP contribution in [0.2, 0.25) is 0 Å². The van der Waals surface area contributed by atoms with E-state index in [1.165, 1.54) is 13.8 Å². The van der Waals surface area contributed by atoms with Crippen LogP contribution in [-0.4, -0.2) is 51.3 Å². The van der Waals surface area contributed by atoms with Crippen molar-refractivity contribution in [1.82, 2.24) is 4.90 Å². The molecule has 0 radical (unpaired) electrons. The van der Waals surface area contributed by atoms with Gasteiger partial charge >= 0.3 is 5.97 Å². The molecule has 3 atom stereocenters. The van der Waals surface area contributed by atoms with E-state index in [1.54, 1.807) is 0 Å². The molecule has 0 aromatic heterocycles. The summed E-state index contributed by atoms with van der Waals surface area (Å²) in [6.45, 7) is 2.68. The largest absolute Gasteiger partial charge is 0.480 e. The van der Waals surface area contributed by atoms with E-state index in [0.29, 0.717) is 0 Å². The van der Waals surface area contributed by atoms with Crippen molar-refractivity contribution in [3.05, 3.63) is 0 Å². The van der Waals surface area contributed by atoms with Crippen LogP contribution in [0, 0.1) is 0 Å². The van der Waals surface area contributed by atoms with E-state index in [0.717, 1.165) is 4.90 Å². The fourth-order valence-electron chi connectivity index (χ4n) is 2.25. The van der Waals surface area contributed by atoms with Crippen molar-refractivity contribution in [3.63, 3.8) is 0 Å². The lowest BCUT2D eigenvalue weighted by molar-refractivity contribution is -0.156. The molecular formula is C8H10BrNO5S. The van der Waals surface area contributed by atoms with E-state index in [1.807, 2.05) is 0 Å². The second-order valence-electron chi connectivity index (χ2n) is 4.43. The molecule has 2 rings (SSSR count). The lowest BCUT2D eigenvalue weighted by Crippen LogP contribution is -2.64. The molecule has 6 nitrogen and oxygen atoms in total. The van der Waals surface area contributed by atoms with E-state index in [2.05, 4.69) is 15.9 Å². The quantitative estimate of drug-likeness (QED) is 0.524. The van der Waals surface area contributed by atoms with Crippen molar-refractivity contribution >= 4 is 37.6 Å². The number of fused-ring (bicyclic) bond motifs is 1. The lowest BCUT2D eigenvalue weighted by Gasteiger charge is -2.39. The molecule has 2 aliphatic heterocycles. The average Bonchev–Trinajstić information content (AvgIpc) is 2.28. The van der Waals surface area contributed by atoms with Crippen LogP contribution in [0.5, 0.6) is 0 Å². The van der Waals surface area contributed by atoms with Crippen LogP contribution in [0.15, 0.2) is 0 Å². The molecule has 1 N–H and O–H groups in total. The van der Waals surface area contributed by atoms with Gasteiger partial charge in [0.1, 0.15) is 15.6 Å². The average molecular weight is 312 g/mol. The van der Waals surface area contributed by atoms with E-state index in [-0.39, 0.29) is 0 Å². The molecule has 3 unspecified atom stereocenters. The molecule has 2 fully saturated rings. The lowest BCUT2D eigenvalue weighted by atomic mass is 9.98. The smallest absolute Gasteiger partial charge is 0.328 e. The van der Waals surface area contributed by atoms with E-state index >= 15 is 0 Å². The first-order chi connectivity index (χ1) is 7.14. The molecule has 0 saturated carbocycles. The highest BCUT2D eigenvalue weighted by molar-refractivity contribution is 9.10. The van der Waals surface area contributed by atoms with Gasteiger partial charge in [0.15, 0.2) is 15.2 Å². The van der Waals surface area contributed by atoms with Gasteiger partial charge in [-0.1, -0.05) is 15.9 Å². The summed E-state index contributed by atoms with van der Waals surface area (Å²) in [4.78, 5) is 22.7. The monoisotopic (exact) mass is 311 g/mol. The molecule has 90 valence electrons. The molecule has 0 spiro atoms. The number of carboxylic acids is 1. The molecule has 0 aromatic carbocycles. The Morgan fingerprint density at radius 2 is 2.00 bits per heavy atom. The summed E-state index contributed by atoms with van der Waals surface area (Å²) in [5.41, 5.74) is 0. The van der Waals surface area contributed by atoms with Crippen LogP contribution in [0.25, 0.3) is 0 Å². The van der Waals surface area contributed by atoms with Crippen molar-refractivity contribution in [3.8, 4) is 0 Å². The summed E-state index contributed by atoms with van der Waals surface area (Å²) in [5, 5.41) is 7.99. The Bertz CT molecular complexity index is 485. The first kappa shape index (κ1) is 11.8. The van der Waals surface area contributed by atoms with E-state index in [9.17, 15) is 18.0 Å². The first-order valence-electron chi connectivity index (χ1n) is 4.56. The molecule has 0 bridgehead atoms. The van der Waals surface area contributed by atoms with Crippen LogP contribution in [0.4, 0.5) is 0 Å². The van der Waals surface area contributed by atoms with Crippen molar-refractivity contribution in [2.24, 2.45) is 0 Å². The fraction of sp³-hybridized carbons (Fsp3) is 0.750. The third-order valence-electron chi connectivity index (χ3n) is 3.24. The Hall–Kier alpha value is -0.630. The summed E-state index contributed by atoms with van der Waals surface area (Å²) >= 11 is 2.97. The van der Waals surface area contributed by atoms with Crippen LogP contribution < -0.4 is 0 Å². The highest BCUT2D eigenvalue weighted by Crippen LogP contribution is 2.48. The van der Waals surface area contributed by atoms with Crippen molar-refractivity contribution < 1.29 is 23.1 Å². The van der Waals surface area contributed by atoms with Gasteiger partial charge in [-0.2, -0.15) is 0 Å². The molecule has 1 amide bonds. The molecule has 0 aromatic rings. The zero-order valence-electron chi connectivity index (χ0n) is 8.55. The van der Waals surface area contributed by atoms with E-state index < -0.39 is 42.7 Å². The second-order valence-corrected chi connectivity index (χ2v) is 8.04. The zero-order chi connectivity index (χ0) is 12.5. The number of halogens is 1. The maximum absolute atomic E-state index is 12.1. The standard InChI is InChI=1S/C8H10BrNO5S/c1-8(2)4(7(12)13)10-5(11)3(9)6(10)16(8,14)15/h3-4,6H,1-2H3,(H,12,13). The molecule has 2 saturated heterocycles. The molecule has 16 heavy (non-hydrogen) atoms. The Morgan fingerprint density at radius 1 is 1.50 bits per heavy atom. The maximum atomic E-state index is 12.1. The predicted molar refractivity (Wildman–Crippen MR) is 57.8 cm³/mol. The van der Waals surface area contributed by atoms with Gasteiger partial charge in [0.05, 0.1) is 0 Å². The van der Waals surface area contributed by atoms with Crippen molar-refractivity contribution in [2.75, 3.05) is 0 Å². The Morgan fingerprint density at radius 3 is 2.44 bits per heavy atom. The number of alkyl halides is 1. The van der Waals surface area contributed by atoms with Crippen molar-refractivity contribution in [1.29, 1.82) is 0 Å². The molecule has 8 heteroatoms. The second kappa shape index (κ2) is 2.98. The van der Waals surface area contributed by atoms with Gasteiger partial charge in [-0.25, -0.2) is 13.2 Å². The van der Waals surface area contributed by atoms with Crippen LogP contribution in [-0.2, 0) is 19.4 Å². The third-order valence-corrected chi connectivity index (χ3v) is 7.30. The number of amides is 1. The number of sulfone groups is 1. The number of carbonyl (C=O) groups excluding carboxylic acids is 1. The van der Waals surface area contributed by atoms with Gasteiger partial charge in [-0.05, 0) is 13.8 Å². The van der Waals surface area contributed by atoms with Gasteiger partial charge in [-0.3, -0.25) is 4.79 Å². The Balaban J connectivity index is 2.60. The first-order valence-corrected chi connectivity index (χ1v) is 7.02. The fourth-order valence-corrected chi connectivity index (χ4v) is 5.69. The van der Waals surface area contributed by atoms with Gasteiger partial charge in [0.2, 0.25) is 5.91 Å². The van der Waals surface area contributed by atoms with Crippen LogP contribution in [0.3, 0.4) is 0 Å². The molecular weight excluding hydrogens is 302 g/mol. The number of β-lactam (4-membered cyclic amide) rings is 1. The highest BCUT2D eigenvalue weighted by atomic mass is 79.9. The SMILES string of the molecule is CC1(C)C(C(=O)O)N2C(=O)C(Br)C2S1(=O)=O. The number of hydrogen-bond acceptors (Lipinski definition) is 4. The predicted octanol–water partition coefficient (Wildman–Crippen LogP) is -0.422. The minimum absolute atomic E-state index is 0.480. The number of rotatable bonds is 1. The Labute approximate surface area is 101 Å². The summed E-state index contributed by atoms with van der Waals surface area (Å²) in [6.07, 6.45) is 0. The summed E-state index contributed by atoms with van der Waals surface area (Å²) in [5.74, 6) is -1.77. The van der Waals surface area contributed by atoms with E-state index in [4.69, 9.17) is 5.11 Å². The summed E-state index contributed by atoms with van der Waals surface area (Å²) in [7, 11) is -3.66. The Kier molecular flexibility index (Phi) is 2.20. The van der Waals surface area contributed by atoms with Crippen LogP contribution >= 0.6 is 15.9 Å². The summed E-state index contributed by atoms with van der Waals surface area (Å²) in [6, 6.07) is -1.30. The van der Waals surface area contributed by atoms with Gasteiger partial charge in [0.25, 0.3) is 0 Å². The molecule has 2 heterocycles. The minimum atomic E-state index is -3.66. The van der Waals surface area contributed by atoms with Crippen LogP contribution in [0.1, 0.15) is 13.8 Å². The highest BCUT2D eigenvalue weighted by Gasteiger charge is 2.71. The maximum Gasteiger partial charge on any atom is 0.328 e. The third kappa shape index (κ3) is 1.04. The van der Waals surface area contributed by atoms with Crippen molar-refractivity contribution in [2.45, 2.75) is 34.8 Å². The minimum Gasteiger partial charge on any atom is -0.480 e. The number of nitrogens with zero attached hydrogens (tertiary/aromatic N) is 1. The van der Waals surface area contributed by atoms with Gasteiger partial charge in [-0.15, -0.1) is 0 Å². The number of carboxylic acid groups (broad SMARTS) is 1. The summed E-state index contributed by atoms with van der Waals surface area (Å²) < 4.78 is 22.7. The number of carbonyl (C=O) groups is 2. The number of hydrogen-bond donors (Lipinski definition) is 1.